The van der Waals surface area contributed by atoms with Crippen molar-refractivity contribution in [3.63, 3.8) is 0 Å². The van der Waals surface area contributed by atoms with Crippen LogP contribution in [-0.4, -0.2) is 4.89 Å². The van der Waals surface area contributed by atoms with Crippen LogP contribution in [0.5, 0.6) is 11.5 Å². The van der Waals surface area contributed by atoms with E-state index in [4.69, 9.17) is 9.05 Å². The van der Waals surface area contributed by atoms with Gasteiger partial charge in [-0.05, 0) is 92.1 Å². The molecule has 0 saturated heterocycles. The Morgan fingerprint density at radius 1 is 0.682 bits per heavy atom. The first-order valence-electron chi connectivity index (χ1n) is 16.0. The summed E-state index contributed by atoms with van der Waals surface area (Å²) in [7, 11) is -4.56. The van der Waals surface area contributed by atoms with Crippen molar-refractivity contribution in [1.82, 2.24) is 0 Å². The molecule has 0 amide bonds. The van der Waals surface area contributed by atoms with Gasteiger partial charge in [-0.2, -0.15) is 0 Å². The molecule has 0 spiro atoms. The SMILES string of the molecule is CCCCc1cc2ccccc2c2c1OP(=O)(O)Oc1c(-c3c(C(C)C)cc(C(C)C)cc3C(C)C)cc3ccccc3c1-2. The van der Waals surface area contributed by atoms with Gasteiger partial charge in [0, 0.05) is 16.7 Å². The minimum atomic E-state index is -4.56. The highest BCUT2D eigenvalue weighted by Crippen LogP contribution is 2.61. The summed E-state index contributed by atoms with van der Waals surface area (Å²) in [6.07, 6.45) is 2.68. The van der Waals surface area contributed by atoms with Crippen LogP contribution in [0.1, 0.15) is 101 Å². The van der Waals surface area contributed by atoms with Crippen LogP contribution in [0, 0.1) is 0 Å². The van der Waals surface area contributed by atoms with Crippen LogP contribution in [0.25, 0.3) is 43.8 Å². The van der Waals surface area contributed by atoms with E-state index in [1.807, 2.05) is 18.2 Å². The number of hydrogen-bond acceptors (Lipinski definition) is 3. The molecule has 1 aliphatic rings. The standard InChI is InChI=1S/C39H43O4P/c1-8-9-14-28-19-26-15-10-12-17-30(26)36-37-31-18-13-11-16-27(31)20-34(39(37)43-44(40,41)42-38(28)36)35-32(24(4)5)21-29(23(2)3)22-33(35)25(6)7/h10-13,15-25H,8-9,14H2,1-7H3,(H,40,41). The Morgan fingerprint density at radius 2 is 1.20 bits per heavy atom. The first-order chi connectivity index (χ1) is 21.0. The molecule has 5 aromatic carbocycles. The summed E-state index contributed by atoms with van der Waals surface area (Å²) in [4.78, 5) is 11.4. The average molecular weight is 607 g/mol. The van der Waals surface area contributed by atoms with E-state index in [0.29, 0.717) is 17.4 Å². The molecule has 1 unspecified atom stereocenters. The molecule has 1 N–H and O–H groups in total. The molecule has 5 aromatic rings. The third kappa shape index (κ3) is 5.33. The lowest BCUT2D eigenvalue weighted by atomic mass is 9.79. The zero-order chi connectivity index (χ0) is 31.3. The number of phosphoric acid groups is 1. The van der Waals surface area contributed by atoms with Gasteiger partial charge >= 0.3 is 7.82 Å². The molecule has 0 aliphatic carbocycles. The van der Waals surface area contributed by atoms with E-state index in [0.717, 1.165) is 68.6 Å². The predicted molar refractivity (Wildman–Crippen MR) is 184 cm³/mol. The number of hydrogen-bond donors (Lipinski definition) is 1. The molecule has 6 rings (SSSR count). The zero-order valence-corrected chi connectivity index (χ0v) is 27.8. The molecule has 1 aliphatic heterocycles. The van der Waals surface area contributed by atoms with Gasteiger partial charge in [0.05, 0.1) is 0 Å². The predicted octanol–water partition coefficient (Wildman–Crippen LogP) is 11.9. The highest BCUT2D eigenvalue weighted by Gasteiger charge is 2.38. The van der Waals surface area contributed by atoms with Crippen molar-refractivity contribution in [1.29, 1.82) is 0 Å². The van der Waals surface area contributed by atoms with Gasteiger partial charge in [-0.3, -0.25) is 4.89 Å². The summed E-state index contributed by atoms with van der Waals surface area (Å²) in [5, 5.41) is 4.06. The summed E-state index contributed by atoms with van der Waals surface area (Å²) in [5.74, 6) is 1.68. The monoisotopic (exact) mass is 606 g/mol. The highest BCUT2D eigenvalue weighted by molar-refractivity contribution is 7.48. The van der Waals surface area contributed by atoms with Gasteiger partial charge in [0.1, 0.15) is 11.5 Å². The average Bonchev–Trinajstić information content (AvgIpc) is 3.12. The van der Waals surface area contributed by atoms with E-state index < -0.39 is 7.82 Å². The van der Waals surface area contributed by atoms with E-state index in [9.17, 15) is 9.46 Å². The molecule has 1 heterocycles. The van der Waals surface area contributed by atoms with Crippen LogP contribution in [0.2, 0.25) is 0 Å². The topological polar surface area (TPSA) is 55.8 Å². The van der Waals surface area contributed by atoms with Gasteiger partial charge in [0.15, 0.2) is 0 Å². The fourth-order valence-electron chi connectivity index (χ4n) is 6.67. The van der Waals surface area contributed by atoms with Crippen LogP contribution in [0.15, 0.2) is 72.8 Å². The summed E-state index contributed by atoms with van der Waals surface area (Å²) >= 11 is 0. The van der Waals surface area contributed by atoms with Gasteiger partial charge in [-0.25, -0.2) is 4.57 Å². The van der Waals surface area contributed by atoms with E-state index in [1.165, 1.54) is 16.7 Å². The minimum absolute atomic E-state index is 0.222. The second kappa shape index (κ2) is 11.7. The van der Waals surface area contributed by atoms with Crippen molar-refractivity contribution in [2.75, 3.05) is 0 Å². The number of aryl methyl sites for hydroxylation is 1. The maximum absolute atomic E-state index is 14.0. The van der Waals surface area contributed by atoms with Gasteiger partial charge in [-0.15, -0.1) is 0 Å². The molecule has 44 heavy (non-hydrogen) atoms. The fraction of sp³-hybridized carbons (Fsp3) is 0.333. The summed E-state index contributed by atoms with van der Waals surface area (Å²) in [5.41, 5.74) is 8.18. The summed E-state index contributed by atoms with van der Waals surface area (Å²) < 4.78 is 26.3. The zero-order valence-electron chi connectivity index (χ0n) is 26.9. The minimum Gasteiger partial charge on any atom is -0.394 e. The second-order valence-electron chi connectivity index (χ2n) is 13.1. The van der Waals surface area contributed by atoms with Crippen molar-refractivity contribution in [3.05, 3.63) is 95.1 Å². The number of phosphoric ester groups is 1. The molecule has 4 nitrogen and oxygen atoms in total. The molecule has 5 heteroatoms. The van der Waals surface area contributed by atoms with Crippen molar-refractivity contribution in [2.45, 2.75) is 85.5 Å². The Bertz CT molecular complexity index is 1910. The van der Waals surface area contributed by atoms with Crippen molar-refractivity contribution >= 4 is 29.4 Å². The molecule has 0 aromatic heterocycles. The summed E-state index contributed by atoms with van der Waals surface area (Å²) in [6, 6.07) is 25.4. The number of rotatable bonds is 7. The number of fused-ring (bicyclic) bond motifs is 7. The molecule has 0 bridgehead atoms. The smallest absolute Gasteiger partial charge is 0.394 e. The van der Waals surface area contributed by atoms with E-state index in [2.05, 4.69) is 103 Å². The number of benzene rings is 5. The van der Waals surface area contributed by atoms with E-state index in [1.54, 1.807) is 0 Å². The Morgan fingerprint density at radius 3 is 1.75 bits per heavy atom. The quantitative estimate of drug-likeness (QED) is 0.187. The number of unbranched alkanes of at least 4 members (excludes halogenated alkanes) is 1. The van der Waals surface area contributed by atoms with E-state index >= 15 is 0 Å². The van der Waals surface area contributed by atoms with Crippen LogP contribution < -0.4 is 9.05 Å². The Balaban J connectivity index is 1.84. The fourth-order valence-corrected chi connectivity index (χ4v) is 7.56. The normalized spacial score (nSPS) is 16.2. The molecule has 228 valence electrons. The van der Waals surface area contributed by atoms with Crippen LogP contribution >= 0.6 is 7.82 Å². The van der Waals surface area contributed by atoms with Gasteiger partial charge in [0.2, 0.25) is 0 Å². The van der Waals surface area contributed by atoms with Gasteiger partial charge < -0.3 is 9.05 Å². The first-order valence-corrected chi connectivity index (χ1v) is 17.5. The Labute approximate surface area is 261 Å². The largest absolute Gasteiger partial charge is 0.584 e. The lowest BCUT2D eigenvalue weighted by Crippen LogP contribution is -2.06. The van der Waals surface area contributed by atoms with Gasteiger partial charge in [0.25, 0.3) is 0 Å². The van der Waals surface area contributed by atoms with Crippen LogP contribution in [0.3, 0.4) is 0 Å². The molecular formula is C39H43O4P. The van der Waals surface area contributed by atoms with Crippen molar-refractivity contribution in [2.24, 2.45) is 0 Å². The third-order valence-corrected chi connectivity index (χ3v) is 9.77. The van der Waals surface area contributed by atoms with Gasteiger partial charge in [-0.1, -0.05) is 116 Å². The lowest BCUT2D eigenvalue weighted by molar-refractivity contribution is 0.294. The molecule has 0 saturated carbocycles. The molecule has 1 atom stereocenters. The van der Waals surface area contributed by atoms with Crippen molar-refractivity contribution < 1.29 is 18.5 Å². The molecule has 0 fully saturated rings. The Kier molecular flexibility index (Phi) is 8.11. The summed E-state index contributed by atoms with van der Waals surface area (Å²) in [6.45, 7) is 15.5. The third-order valence-electron chi connectivity index (χ3n) is 8.94. The first kappa shape index (κ1) is 30.4. The maximum atomic E-state index is 14.0. The molecular weight excluding hydrogens is 563 g/mol. The Hall–Kier alpha value is -3.59. The molecule has 0 radical (unpaired) electrons. The highest BCUT2D eigenvalue weighted by atomic mass is 31.2. The van der Waals surface area contributed by atoms with Crippen LogP contribution in [-0.2, 0) is 11.0 Å². The maximum Gasteiger partial charge on any atom is 0.584 e. The van der Waals surface area contributed by atoms with E-state index in [-0.39, 0.29) is 11.8 Å². The van der Waals surface area contributed by atoms with Crippen LogP contribution in [0.4, 0.5) is 0 Å². The lowest BCUT2D eigenvalue weighted by Gasteiger charge is -2.26. The van der Waals surface area contributed by atoms with Crippen molar-refractivity contribution in [3.8, 4) is 33.8 Å². The second-order valence-corrected chi connectivity index (χ2v) is 14.4.